The van der Waals surface area contributed by atoms with Gasteiger partial charge in [-0.2, -0.15) is 0 Å². The lowest BCUT2D eigenvalue weighted by atomic mass is 10.4. The molecule has 0 rings (SSSR count). The standard InChI is InChI=1S/C11H22O4Si/c1-6-10(5)16(13-8-3,14-9-4)15-11(12)7-2/h7,10H,2,6,8-9H2,1,3-5H3. The fraction of sp³-hybridized carbons (Fsp3) is 0.727. The summed E-state index contributed by atoms with van der Waals surface area (Å²) in [7, 11) is -2.90. The van der Waals surface area contributed by atoms with E-state index in [4.69, 9.17) is 13.3 Å². The first-order chi connectivity index (χ1) is 7.56. The van der Waals surface area contributed by atoms with E-state index in [1.54, 1.807) is 0 Å². The first-order valence-electron chi connectivity index (χ1n) is 5.69. The Kier molecular flexibility index (Phi) is 7.28. The van der Waals surface area contributed by atoms with E-state index in [1.807, 2.05) is 27.7 Å². The van der Waals surface area contributed by atoms with Crippen molar-refractivity contribution >= 4 is 14.8 Å². The first-order valence-corrected chi connectivity index (χ1v) is 7.49. The van der Waals surface area contributed by atoms with E-state index in [0.29, 0.717) is 13.2 Å². The van der Waals surface area contributed by atoms with Crippen molar-refractivity contribution in [3.05, 3.63) is 12.7 Å². The number of hydrogen-bond donors (Lipinski definition) is 0. The number of hydrogen-bond acceptors (Lipinski definition) is 4. The molecule has 0 saturated heterocycles. The summed E-state index contributed by atoms with van der Waals surface area (Å²) in [6.07, 6.45) is 1.98. The monoisotopic (exact) mass is 246 g/mol. The third-order valence-electron chi connectivity index (χ3n) is 2.32. The topological polar surface area (TPSA) is 44.8 Å². The van der Waals surface area contributed by atoms with Gasteiger partial charge in [0, 0.05) is 24.8 Å². The van der Waals surface area contributed by atoms with Crippen LogP contribution in [0, 0.1) is 0 Å². The van der Waals surface area contributed by atoms with Crippen LogP contribution in [-0.4, -0.2) is 28.0 Å². The van der Waals surface area contributed by atoms with Crippen LogP contribution < -0.4 is 0 Å². The lowest BCUT2D eigenvalue weighted by molar-refractivity contribution is -0.134. The second-order valence-corrected chi connectivity index (χ2v) is 6.38. The number of rotatable bonds is 8. The highest BCUT2D eigenvalue weighted by Gasteiger charge is 2.49. The van der Waals surface area contributed by atoms with Gasteiger partial charge in [0.2, 0.25) is 0 Å². The van der Waals surface area contributed by atoms with Gasteiger partial charge >= 0.3 is 14.8 Å². The average Bonchev–Trinajstić information content (AvgIpc) is 2.28. The zero-order chi connectivity index (χ0) is 12.6. The molecule has 4 nitrogen and oxygen atoms in total. The van der Waals surface area contributed by atoms with Gasteiger partial charge in [-0.1, -0.05) is 20.4 Å². The lowest BCUT2D eigenvalue weighted by Gasteiger charge is -2.31. The van der Waals surface area contributed by atoms with E-state index in [9.17, 15) is 4.79 Å². The minimum atomic E-state index is -2.90. The molecule has 0 amide bonds. The summed E-state index contributed by atoms with van der Waals surface area (Å²) < 4.78 is 16.6. The maximum atomic E-state index is 11.3. The summed E-state index contributed by atoms with van der Waals surface area (Å²) in [5, 5.41) is 0. The zero-order valence-electron chi connectivity index (χ0n) is 10.6. The third kappa shape index (κ3) is 4.07. The molecule has 0 N–H and O–H groups in total. The molecule has 0 aliphatic rings. The van der Waals surface area contributed by atoms with E-state index in [2.05, 4.69) is 6.58 Å². The Morgan fingerprint density at radius 3 is 2.12 bits per heavy atom. The van der Waals surface area contributed by atoms with E-state index >= 15 is 0 Å². The number of carbonyl (C=O) groups excluding carboxylic acids is 1. The van der Waals surface area contributed by atoms with Crippen molar-refractivity contribution in [1.82, 2.24) is 0 Å². The predicted octanol–water partition coefficient (Wildman–Crippen LogP) is 2.53. The van der Waals surface area contributed by atoms with Crippen LogP contribution in [0.4, 0.5) is 0 Å². The van der Waals surface area contributed by atoms with Crippen LogP contribution >= 0.6 is 0 Å². The molecule has 0 aliphatic heterocycles. The first kappa shape index (κ1) is 15.3. The molecule has 0 bridgehead atoms. The van der Waals surface area contributed by atoms with Crippen molar-refractivity contribution in [2.45, 2.75) is 39.7 Å². The molecule has 94 valence electrons. The van der Waals surface area contributed by atoms with Gasteiger partial charge in [-0.15, -0.1) is 0 Å². The average molecular weight is 246 g/mol. The molecule has 0 radical (unpaired) electrons. The molecule has 1 atom stereocenters. The molecule has 0 heterocycles. The van der Waals surface area contributed by atoms with Gasteiger partial charge in [0.25, 0.3) is 0 Å². The zero-order valence-corrected chi connectivity index (χ0v) is 11.6. The van der Waals surface area contributed by atoms with Crippen molar-refractivity contribution in [3.63, 3.8) is 0 Å². The van der Waals surface area contributed by atoms with Crippen molar-refractivity contribution in [3.8, 4) is 0 Å². The molecule has 0 saturated carbocycles. The Morgan fingerprint density at radius 1 is 1.31 bits per heavy atom. The molecule has 0 aromatic heterocycles. The van der Waals surface area contributed by atoms with Gasteiger partial charge in [-0.3, -0.25) is 0 Å². The molecule has 1 unspecified atom stereocenters. The minimum Gasteiger partial charge on any atom is -0.470 e. The quantitative estimate of drug-likeness (QED) is 0.487. The van der Waals surface area contributed by atoms with Gasteiger partial charge in [0.15, 0.2) is 0 Å². The molecule has 0 spiro atoms. The van der Waals surface area contributed by atoms with Crippen molar-refractivity contribution < 1.29 is 18.1 Å². The minimum absolute atomic E-state index is 0.0938. The Hall–Kier alpha value is -0.653. The van der Waals surface area contributed by atoms with Crippen molar-refractivity contribution in [2.75, 3.05) is 13.2 Å². The fourth-order valence-corrected chi connectivity index (χ4v) is 3.96. The normalized spacial score (nSPS) is 13.2. The molecule has 0 aromatic rings. The largest absolute Gasteiger partial charge is 0.571 e. The summed E-state index contributed by atoms with van der Waals surface area (Å²) in [4.78, 5) is 11.3. The van der Waals surface area contributed by atoms with Crippen LogP contribution in [0.5, 0.6) is 0 Å². The smallest absolute Gasteiger partial charge is 0.470 e. The molecule has 0 aliphatic carbocycles. The van der Waals surface area contributed by atoms with E-state index in [1.165, 1.54) is 0 Å². The van der Waals surface area contributed by atoms with E-state index in [0.717, 1.165) is 12.5 Å². The SMILES string of the molecule is C=CC(=O)O[Si](OCC)(OCC)C(C)CC. The van der Waals surface area contributed by atoms with E-state index in [-0.39, 0.29) is 5.54 Å². The highest BCUT2D eigenvalue weighted by molar-refractivity contribution is 6.64. The Balaban J connectivity index is 4.90. The second-order valence-electron chi connectivity index (χ2n) is 3.40. The van der Waals surface area contributed by atoms with Gasteiger partial charge in [-0.05, 0) is 20.3 Å². The summed E-state index contributed by atoms with van der Waals surface area (Å²) in [5.41, 5.74) is 0.0938. The molecule has 16 heavy (non-hydrogen) atoms. The highest BCUT2D eigenvalue weighted by atomic mass is 28.4. The van der Waals surface area contributed by atoms with Crippen LogP contribution in [0.15, 0.2) is 12.7 Å². The summed E-state index contributed by atoms with van der Waals surface area (Å²) >= 11 is 0. The summed E-state index contributed by atoms with van der Waals surface area (Å²) in [5.74, 6) is -0.478. The highest BCUT2D eigenvalue weighted by Crippen LogP contribution is 2.28. The fourth-order valence-electron chi connectivity index (χ4n) is 1.32. The maximum absolute atomic E-state index is 11.3. The Bertz CT molecular complexity index is 224. The summed E-state index contributed by atoms with van der Waals surface area (Å²) in [6.45, 7) is 12.1. The van der Waals surface area contributed by atoms with Crippen LogP contribution in [0.1, 0.15) is 34.1 Å². The van der Waals surface area contributed by atoms with Gasteiger partial charge in [0.1, 0.15) is 0 Å². The molecule has 5 heteroatoms. The number of carbonyl (C=O) groups is 1. The van der Waals surface area contributed by atoms with Crippen molar-refractivity contribution in [1.29, 1.82) is 0 Å². The lowest BCUT2D eigenvalue weighted by Crippen LogP contribution is -2.50. The van der Waals surface area contributed by atoms with Crippen LogP contribution in [0.3, 0.4) is 0 Å². The van der Waals surface area contributed by atoms with Crippen LogP contribution in [-0.2, 0) is 18.1 Å². The van der Waals surface area contributed by atoms with Crippen molar-refractivity contribution in [2.24, 2.45) is 0 Å². The molecular formula is C11H22O4Si. The van der Waals surface area contributed by atoms with Gasteiger partial charge in [-0.25, -0.2) is 4.79 Å². The van der Waals surface area contributed by atoms with E-state index < -0.39 is 14.8 Å². The Labute approximate surface area is 99.0 Å². The summed E-state index contributed by atoms with van der Waals surface area (Å²) in [6, 6.07) is 0. The molecule has 0 fully saturated rings. The second kappa shape index (κ2) is 7.59. The Morgan fingerprint density at radius 2 is 1.81 bits per heavy atom. The predicted molar refractivity (Wildman–Crippen MR) is 65.0 cm³/mol. The van der Waals surface area contributed by atoms with Crippen LogP contribution in [0.25, 0.3) is 0 Å². The third-order valence-corrected chi connectivity index (χ3v) is 5.80. The van der Waals surface area contributed by atoms with Gasteiger partial charge < -0.3 is 13.3 Å². The van der Waals surface area contributed by atoms with Gasteiger partial charge in [0.05, 0.1) is 0 Å². The molecular weight excluding hydrogens is 224 g/mol. The molecule has 0 aromatic carbocycles. The maximum Gasteiger partial charge on any atom is 0.571 e. The van der Waals surface area contributed by atoms with Crippen LogP contribution in [0.2, 0.25) is 5.54 Å².